The van der Waals surface area contributed by atoms with Gasteiger partial charge in [0, 0.05) is 22.9 Å². The molecule has 24 heavy (non-hydrogen) atoms. The molecule has 2 N–H and O–H groups in total. The van der Waals surface area contributed by atoms with Gasteiger partial charge >= 0.3 is 0 Å². The predicted octanol–water partition coefficient (Wildman–Crippen LogP) is 5.21. The highest BCUT2D eigenvalue weighted by Gasteiger charge is 2.02. The van der Waals surface area contributed by atoms with Crippen LogP contribution >= 0.6 is 15.9 Å². The standard InChI is InChI=1S/C19H19BrN4/c1-13-3-6-15(7-4-13)12-22-18-9-10-21-19(24-18)23-16-8-5-14(2)17(20)11-16/h3-11H,12H2,1-2H3,(H2,21,22,23,24). The lowest BCUT2D eigenvalue weighted by Gasteiger charge is -2.09. The number of rotatable bonds is 5. The molecule has 0 saturated heterocycles. The summed E-state index contributed by atoms with van der Waals surface area (Å²) in [6.45, 7) is 4.87. The predicted molar refractivity (Wildman–Crippen MR) is 103 cm³/mol. The monoisotopic (exact) mass is 382 g/mol. The molecule has 0 aliphatic rings. The van der Waals surface area contributed by atoms with Crippen molar-refractivity contribution in [2.24, 2.45) is 0 Å². The fourth-order valence-corrected chi connectivity index (χ4v) is 2.59. The summed E-state index contributed by atoms with van der Waals surface area (Å²) in [4.78, 5) is 8.78. The van der Waals surface area contributed by atoms with Crippen molar-refractivity contribution in [2.75, 3.05) is 10.6 Å². The van der Waals surface area contributed by atoms with Gasteiger partial charge in [0.05, 0.1) is 0 Å². The van der Waals surface area contributed by atoms with Crippen molar-refractivity contribution in [3.05, 3.63) is 75.9 Å². The second kappa shape index (κ2) is 7.45. The van der Waals surface area contributed by atoms with Gasteiger partial charge < -0.3 is 10.6 Å². The van der Waals surface area contributed by atoms with Gasteiger partial charge in [-0.3, -0.25) is 0 Å². The molecule has 0 radical (unpaired) electrons. The SMILES string of the molecule is Cc1ccc(CNc2ccnc(Nc3ccc(C)c(Br)c3)n2)cc1. The van der Waals surface area contributed by atoms with Gasteiger partial charge in [0.25, 0.3) is 0 Å². The van der Waals surface area contributed by atoms with E-state index in [2.05, 4.69) is 74.6 Å². The lowest BCUT2D eigenvalue weighted by molar-refractivity contribution is 1.08. The molecule has 1 heterocycles. The molecule has 0 bridgehead atoms. The van der Waals surface area contributed by atoms with Crippen LogP contribution in [0.3, 0.4) is 0 Å². The minimum absolute atomic E-state index is 0.569. The second-order valence-electron chi connectivity index (χ2n) is 5.69. The van der Waals surface area contributed by atoms with Crippen LogP contribution in [0.1, 0.15) is 16.7 Å². The third kappa shape index (κ3) is 4.32. The smallest absolute Gasteiger partial charge is 0.229 e. The number of nitrogens with zero attached hydrogens (tertiary/aromatic N) is 2. The molecule has 1 aromatic heterocycles. The molecular formula is C19H19BrN4. The van der Waals surface area contributed by atoms with E-state index < -0.39 is 0 Å². The number of halogens is 1. The first-order valence-corrected chi connectivity index (χ1v) is 8.55. The summed E-state index contributed by atoms with van der Waals surface area (Å²) in [5.41, 5.74) is 4.62. The molecule has 0 aliphatic carbocycles. The molecule has 0 spiro atoms. The Morgan fingerprint density at radius 2 is 1.79 bits per heavy atom. The Morgan fingerprint density at radius 1 is 1.00 bits per heavy atom. The van der Waals surface area contributed by atoms with Gasteiger partial charge in [0.15, 0.2) is 0 Å². The molecule has 0 unspecified atom stereocenters. The normalized spacial score (nSPS) is 10.5. The highest BCUT2D eigenvalue weighted by Crippen LogP contribution is 2.22. The molecular weight excluding hydrogens is 364 g/mol. The first-order chi connectivity index (χ1) is 11.6. The van der Waals surface area contributed by atoms with Crippen LogP contribution in [0.4, 0.5) is 17.5 Å². The third-order valence-electron chi connectivity index (χ3n) is 3.68. The maximum Gasteiger partial charge on any atom is 0.229 e. The summed E-state index contributed by atoms with van der Waals surface area (Å²) in [6.07, 6.45) is 1.75. The van der Waals surface area contributed by atoms with E-state index in [-0.39, 0.29) is 0 Å². The fourth-order valence-electron chi connectivity index (χ4n) is 2.22. The van der Waals surface area contributed by atoms with Crippen LogP contribution in [0.2, 0.25) is 0 Å². The van der Waals surface area contributed by atoms with E-state index in [9.17, 15) is 0 Å². The molecule has 0 atom stereocenters. The van der Waals surface area contributed by atoms with Crippen molar-refractivity contribution >= 4 is 33.4 Å². The van der Waals surface area contributed by atoms with E-state index in [1.54, 1.807) is 6.20 Å². The summed E-state index contributed by atoms with van der Waals surface area (Å²) in [5.74, 6) is 1.36. The number of anilines is 3. The zero-order valence-corrected chi connectivity index (χ0v) is 15.3. The van der Waals surface area contributed by atoms with Gasteiger partial charge in [-0.25, -0.2) is 4.98 Å². The Balaban J connectivity index is 1.67. The zero-order valence-electron chi connectivity index (χ0n) is 13.7. The van der Waals surface area contributed by atoms with Crippen LogP contribution in [0.5, 0.6) is 0 Å². The molecule has 3 rings (SSSR count). The second-order valence-corrected chi connectivity index (χ2v) is 6.55. The Hall–Kier alpha value is -2.40. The lowest BCUT2D eigenvalue weighted by Crippen LogP contribution is -2.04. The number of benzene rings is 2. The molecule has 2 aromatic carbocycles. The topological polar surface area (TPSA) is 49.8 Å². The minimum atomic E-state index is 0.569. The Labute approximate surface area is 150 Å². The van der Waals surface area contributed by atoms with Gasteiger partial charge in [-0.1, -0.05) is 51.8 Å². The largest absolute Gasteiger partial charge is 0.366 e. The zero-order chi connectivity index (χ0) is 16.9. The van der Waals surface area contributed by atoms with E-state index in [0.717, 1.165) is 22.5 Å². The molecule has 5 heteroatoms. The van der Waals surface area contributed by atoms with Crippen LogP contribution < -0.4 is 10.6 Å². The summed E-state index contributed by atoms with van der Waals surface area (Å²) in [7, 11) is 0. The van der Waals surface area contributed by atoms with Crippen molar-refractivity contribution in [1.29, 1.82) is 0 Å². The van der Waals surface area contributed by atoms with Crippen molar-refractivity contribution in [2.45, 2.75) is 20.4 Å². The summed E-state index contributed by atoms with van der Waals surface area (Å²) in [6, 6.07) is 16.4. The highest BCUT2D eigenvalue weighted by molar-refractivity contribution is 9.10. The number of nitrogens with one attached hydrogen (secondary N) is 2. The van der Waals surface area contributed by atoms with Gasteiger partial charge in [-0.05, 0) is 43.2 Å². The number of aromatic nitrogens is 2. The quantitative estimate of drug-likeness (QED) is 0.635. The Bertz CT molecular complexity index is 831. The van der Waals surface area contributed by atoms with E-state index >= 15 is 0 Å². The van der Waals surface area contributed by atoms with Gasteiger partial charge in [-0.2, -0.15) is 4.98 Å². The molecule has 3 aromatic rings. The average molecular weight is 383 g/mol. The average Bonchev–Trinajstić information content (AvgIpc) is 2.58. The van der Waals surface area contributed by atoms with Crippen molar-refractivity contribution in [3.63, 3.8) is 0 Å². The van der Waals surface area contributed by atoms with E-state index in [0.29, 0.717) is 5.95 Å². The van der Waals surface area contributed by atoms with Crippen LogP contribution in [0.15, 0.2) is 59.2 Å². The van der Waals surface area contributed by atoms with Crippen LogP contribution in [0.25, 0.3) is 0 Å². The minimum Gasteiger partial charge on any atom is -0.366 e. The summed E-state index contributed by atoms with van der Waals surface area (Å²) >= 11 is 3.54. The van der Waals surface area contributed by atoms with Crippen LogP contribution in [0, 0.1) is 13.8 Å². The molecule has 0 amide bonds. The molecule has 4 nitrogen and oxygen atoms in total. The van der Waals surface area contributed by atoms with E-state index in [4.69, 9.17) is 0 Å². The first-order valence-electron chi connectivity index (χ1n) is 7.76. The van der Waals surface area contributed by atoms with E-state index in [1.165, 1.54) is 16.7 Å². The first kappa shape index (κ1) is 16.5. The van der Waals surface area contributed by atoms with Gasteiger partial charge in [-0.15, -0.1) is 0 Å². The van der Waals surface area contributed by atoms with Gasteiger partial charge in [0.2, 0.25) is 5.95 Å². The maximum absolute atomic E-state index is 4.50. The summed E-state index contributed by atoms with van der Waals surface area (Å²) in [5, 5.41) is 6.55. The number of hydrogen-bond donors (Lipinski definition) is 2. The fraction of sp³-hybridized carbons (Fsp3) is 0.158. The lowest BCUT2D eigenvalue weighted by atomic mass is 10.1. The van der Waals surface area contributed by atoms with Crippen LogP contribution in [-0.2, 0) is 6.54 Å². The van der Waals surface area contributed by atoms with Crippen molar-refractivity contribution in [3.8, 4) is 0 Å². The molecule has 0 saturated carbocycles. The van der Waals surface area contributed by atoms with Gasteiger partial charge in [0.1, 0.15) is 5.82 Å². The maximum atomic E-state index is 4.50. The number of aryl methyl sites for hydroxylation is 2. The van der Waals surface area contributed by atoms with E-state index in [1.807, 2.05) is 24.3 Å². The Morgan fingerprint density at radius 3 is 2.54 bits per heavy atom. The number of hydrogen-bond acceptors (Lipinski definition) is 4. The highest BCUT2D eigenvalue weighted by atomic mass is 79.9. The third-order valence-corrected chi connectivity index (χ3v) is 4.53. The van der Waals surface area contributed by atoms with Crippen molar-refractivity contribution < 1.29 is 0 Å². The summed E-state index contributed by atoms with van der Waals surface area (Å²) < 4.78 is 1.06. The Kier molecular flexibility index (Phi) is 5.11. The molecule has 0 fully saturated rings. The van der Waals surface area contributed by atoms with Crippen molar-refractivity contribution in [1.82, 2.24) is 9.97 Å². The molecule has 0 aliphatic heterocycles. The molecule has 122 valence electrons. The van der Waals surface area contributed by atoms with Crippen LogP contribution in [-0.4, -0.2) is 9.97 Å².